The Morgan fingerprint density at radius 2 is 1.67 bits per heavy atom. The highest BCUT2D eigenvalue weighted by Crippen LogP contribution is 2.18. The lowest BCUT2D eigenvalue weighted by Gasteiger charge is -2.21. The van der Waals surface area contributed by atoms with E-state index in [-0.39, 0.29) is 36.9 Å². The van der Waals surface area contributed by atoms with Crippen molar-refractivity contribution in [1.82, 2.24) is 5.32 Å². The molecule has 2 aromatic rings. The zero-order chi connectivity index (χ0) is 16.5. The molecule has 5 heteroatoms. The van der Waals surface area contributed by atoms with E-state index in [1.165, 1.54) is 5.56 Å². The lowest BCUT2D eigenvalue weighted by Crippen LogP contribution is -2.35. The van der Waals surface area contributed by atoms with Crippen LogP contribution in [0.5, 0.6) is 0 Å². The van der Waals surface area contributed by atoms with Crippen molar-refractivity contribution in [1.29, 1.82) is 0 Å². The summed E-state index contributed by atoms with van der Waals surface area (Å²) in [5, 5.41) is 3.11. The highest BCUT2D eigenvalue weighted by Gasteiger charge is 2.18. The molecule has 0 saturated carbocycles. The predicted molar refractivity (Wildman–Crippen MR) is 99.2 cm³/mol. The largest absolute Gasteiger partial charge is 0.380 e. The SMILES string of the molecule is COC(CN)CC(=O)NC(Cc1ccccc1)c1ccccc1.Cl. The highest BCUT2D eigenvalue weighted by atomic mass is 35.5. The monoisotopic (exact) mass is 348 g/mol. The maximum Gasteiger partial charge on any atom is 0.223 e. The maximum absolute atomic E-state index is 12.3. The average Bonchev–Trinajstić information content (AvgIpc) is 2.60. The Hall–Kier alpha value is -1.88. The summed E-state index contributed by atoms with van der Waals surface area (Å²) < 4.78 is 5.19. The van der Waals surface area contributed by atoms with E-state index < -0.39 is 0 Å². The van der Waals surface area contributed by atoms with E-state index in [4.69, 9.17) is 10.5 Å². The quantitative estimate of drug-likeness (QED) is 0.771. The predicted octanol–water partition coefficient (Wildman–Crippen LogP) is 2.87. The van der Waals surface area contributed by atoms with Gasteiger partial charge in [0.25, 0.3) is 0 Å². The second kappa shape index (κ2) is 10.8. The summed E-state index contributed by atoms with van der Waals surface area (Å²) >= 11 is 0. The van der Waals surface area contributed by atoms with Crippen molar-refractivity contribution in [2.24, 2.45) is 5.73 Å². The molecular weight excluding hydrogens is 324 g/mol. The van der Waals surface area contributed by atoms with Gasteiger partial charge >= 0.3 is 0 Å². The van der Waals surface area contributed by atoms with Gasteiger partial charge in [-0.15, -0.1) is 12.4 Å². The van der Waals surface area contributed by atoms with Crippen molar-refractivity contribution >= 4 is 18.3 Å². The van der Waals surface area contributed by atoms with E-state index in [1.807, 2.05) is 48.5 Å². The smallest absolute Gasteiger partial charge is 0.223 e. The number of benzene rings is 2. The summed E-state index contributed by atoms with van der Waals surface area (Å²) in [6.45, 7) is 0.332. The fourth-order valence-corrected chi connectivity index (χ4v) is 2.51. The number of hydrogen-bond donors (Lipinski definition) is 2. The van der Waals surface area contributed by atoms with Gasteiger partial charge in [-0.2, -0.15) is 0 Å². The molecule has 0 saturated heterocycles. The number of carbonyl (C=O) groups excluding carboxylic acids is 1. The summed E-state index contributed by atoms with van der Waals surface area (Å²) in [7, 11) is 1.57. The van der Waals surface area contributed by atoms with Crippen LogP contribution in [0, 0.1) is 0 Å². The van der Waals surface area contributed by atoms with Crippen LogP contribution in [0.4, 0.5) is 0 Å². The minimum absolute atomic E-state index is 0. The van der Waals surface area contributed by atoms with Gasteiger partial charge in [0.05, 0.1) is 18.6 Å². The minimum atomic E-state index is -0.247. The van der Waals surface area contributed by atoms with Gasteiger partial charge in [0.2, 0.25) is 5.91 Å². The van der Waals surface area contributed by atoms with Crippen LogP contribution in [0.3, 0.4) is 0 Å². The lowest BCUT2D eigenvalue weighted by molar-refractivity contribution is -0.124. The summed E-state index contributed by atoms with van der Waals surface area (Å²) in [6, 6.07) is 20.1. The highest BCUT2D eigenvalue weighted by molar-refractivity contribution is 5.85. The van der Waals surface area contributed by atoms with Crippen LogP contribution >= 0.6 is 12.4 Å². The Kier molecular flexibility index (Phi) is 9.08. The van der Waals surface area contributed by atoms with Gasteiger partial charge in [-0.25, -0.2) is 0 Å². The number of ether oxygens (including phenoxy) is 1. The number of rotatable bonds is 8. The summed E-state index contributed by atoms with van der Waals surface area (Å²) in [4.78, 5) is 12.3. The molecule has 0 spiro atoms. The van der Waals surface area contributed by atoms with Crippen molar-refractivity contribution in [2.75, 3.05) is 13.7 Å². The summed E-state index contributed by atoms with van der Waals surface area (Å²) in [5.41, 5.74) is 7.87. The molecular formula is C19H25ClN2O2. The maximum atomic E-state index is 12.3. The summed E-state index contributed by atoms with van der Waals surface area (Å²) in [6.07, 6.45) is 0.769. The molecule has 4 nitrogen and oxygen atoms in total. The molecule has 2 rings (SSSR count). The number of nitrogens with two attached hydrogens (primary N) is 1. The Labute approximate surface area is 149 Å². The molecule has 0 aliphatic carbocycles. The number of amides is 1. The molecule has 0 fully saturated rings. The average molecular weight is 349 g/mol. The zero-order valence-electron chi connectivity index (χ0n) is 13.9. The molecule has 2 aromatic carbocycles. The first-order chi connectivity index (χ1) is 11.2. The standard InChI is InChI=1S/C19H24N2O2.ClH/c1-23-17(14-20)13-19(22)21-18(16-10-6-3-7-11-16)12-15-8-4-2-5-9-15;/h2-11,17-18H,12-14,20H2,1H3,(H,21,22);1H. The Balaban J connectivity index is 0.00000288. The van der Waals surface area contributed by atoms with E-state index in [1.54, 1.807) is 7.11 Å². The molecule has 130 valence electrons. The molecule has 0 radical (unpaired) electrons. The van der Waals surface area contributed by atoms with Gasteiger partial charge in [-0.05, 0) is 17.5 Å². The van der Waals surface area contributed by atoms with Crippen LogP contribution in [0.25, 0.3) is 0 Å². The fraction of sp³-hybridized carbons (Fsp3) is 0.316. The first-order valence-corrected chi connectivity index (χ1v) is 7.84. The molecule has 24 heavy (non-hydrogen) atoms. The van der Waals surface area contributed by atoms with Crippen LogP contribution < -0.4 is 11.1 Å². The Morgan fingerprint density at radius 1 is 1.08 bits per heavy atom. The van der Waals surface area contributed by atoms with E-state index in [0.29, 0.717) is 6.54 Å². The van der Waals surface area contributed by atoms with Gasteiger partial charge in [0, 0.05) is 13.7 Å². The van der Waals surface area contributed by atoms with Crippen LogP contribution in [0.2, 0.25) is 0 Å². The molecule has 0 heterocycles. The second-order valence-corrected chi connectivity index (χ2v) is 5.52. The number of carbonyl (C=O) groups is 1. The minimum Gasteiger partial charge on any atom is -0.380 e. The van der Waals surface area contributed by atoms with E-state index >= 15 is 0 Å². The Morgan fingerprint density at radius 3 is 2.21 bits per heavy atom. The van der Waals surface area contributed by atoms with Crippen molar-refractivity contribution < 1.29 is 9.53 Å². The molecule has 0 aliphatic rings. The first-order valence-electron chi connectivity index (χ1n) is 7.84. The number of nitrogens with one attached hydrogen (secondary N) is 1. The van der Waals surface area contributed by atoms with Crippen molar-refractivity contribution in [3.8, 4) is 0 Å². The summed E-state index contributed by atoms with van der Waals surface area (Å²) in [5.74, 6) is -0.0490. The number of hydrogen-bond acceptors (Lipinski definition) is 3. The van der Waals surface area contributed by atoms with Crippen molar-refractivity contribution in [3.63, 3.8) is 0 Å². The first kappa shape index (κ1) is 20.2. The van der Waals surface area contributed by atoms with Gasteiger partial charge < -0.3 is 15.8 Å². The van der Waals surface area contributed by atoms with Gasteiger partial charge in [-0.3, -0.25) is 4.79 Å². The molecule has 2 atom stereocenters. The van der Waals surface area contributed by atoms with Crippen molar-refractivity contribution in [2.45, 2.75) is 25.0 Å². The van der Waals surface area contributed by atoms with E-state index in [2.05, 4.69) is 17.4 Å². The third kappa shape index (κ3) is 6.32. The lowest BCUT2D eigenvalue weighted by atomic mass is 9.98. The molecule has 1 amide bonds. The topological polar surface area (TPSA) is 64.3 Å². The van der Waals surface area contributed by atoms with Gasteiger partial charge in [0.15, 0.2) is 0 Å². The molecule has 0 bridgehead atoms. The number of halogens is 1. The normalized spacial score (nSPS) is 12.8. The van der Waals surface area contributed by atoms with E-state index in [0.717, 1.165) is 12.0 Å². The van der Waals surface area contributed by atoms with Crippen LogP contribution in [0.1, 0.15) is 23.6 Å². The second-order valence-electron chi connectivity index (χ2n) is 5.52. The van der Waals surface area contributed by atoms with Crippen LogP contribution in [0.15, 0.2) is 60.7 Å². The third-order valence-corrected chi connectivity index (χ3v) is 3.83. The van der Waals surface area contributed by atoms with Crippen molar-refractivity contribution in [3.05, 3.63) is 71.8 Å². The molecule has 3 N–H and O–H groups in total. The fourth-order valence-electron chi connectivity index (χ4n) is 2.51. The number of methoxy groups -OCH3 is 1. The van der Waals surface area contributed by atoms with Gasteiger partial charge in [0.1, 0.15) is 0 Å². The molecule has 0 aromatic heterocycles. The Bertz CT molecular complexity index is 589. The van der Waals surface area contributed by atoms with Crippen LogP contribution in [-0.2, 0) is 16.0 Å². The zero-order valence-corrected chi connectivity index (χ0v) is 14.7. The molecule has 0 aliphatic heterocycles. The van der Waals surface area contributed by atoms with Crippen LogP contribution in [-0.4, -0.2) is 25.7 Å². The van der Waals surface area contributed by atoms with E-state index in [9.17, 15) is 4.79 Å². The molecule has 2 unspecified atom stereocenters. The third-order valence-electron chi connectivity index (χ3n) is 3.83. The van der Waals surface area contributed by atoms with Gasteiger partial charge in [-0.1, -0.05) is 60.7 Å².